The van der Waals surface area contributed by atoms with Crippen molar-refractivity contribution in [1.29, 1.82) is 0 Å². The number of halogens is 1. The lowest BCUT2D eigenvalue weighted by Crippen LogP contribution is -2.06. The smallest absolute Gasteiger partial charge is 0.143 e. The minimum absolute atomic E-state index is 0.613. The fraction of sp³-hybridized carbons (Fsp3) is 0.667. The Labute approximate surface area is 110 Å². The van der Waals surface area contributed by atoms with E-state index in [0.717, 1.165) is 17.6 Å². The van der Waals surface area contributed by atoms with E-state index in [1.54, 1.807) is 0 Å². The molecule has 1 aromatic heterocycles. The largest absolute Gasteiger partial charge is 0.372 e. The molecule has 3 nitrogen and oxygen atoms in total. The van der Waals surface area contributed by atoms with Crippen LogP contribution in [0.1, 0.15) is 49.5 Å². The summed E-state index contributed by atoms with van der Waals surface area (Å²) in [6.45, 7) is 2.28. The molecule has 0 bridgehead atoms. The summed E-state index contributed by atoms with van der Waals surface area (Å²) in [6, 6.07) is 0. The van der Waals surface area contributed by atoms with Crippen molar-refractivity contribution >= 4 is 28.4 Å². The van der Waals surface area contributed by atoms with Crippen molar-refractivity contribution in [3.63, 3.8) is 0 Å². The van der Waals surface area contributed by atoms with Crippen molar-refractivity contribution in [1.82, 2.24) is 9.97 Å². The highest BCUT2D eigenvalue weighted by atomic mass is 127. The van der Waals surface area contributed by atoms with Crippen LogP contribution in [0.5, 0.6) is 0 Å². The molecule has 3 rings (SSSR count). The Balaban J connectivity index is 2.02. The molecule has 86 valence electrons. The lowest BCUT2D eigenvalue weighted by atomic mass is 10.2. The van der Waals surface area contributed by atoms with Gasteiger partial charge < -0.3 is 5.32 Å². The highest BCUT2D eigenvalue weighted by Gasteiger charge is 2.38. The van der Waals surface area contributed by atoms with Gasteiger partial charge in [0, 0.05) is 18.9 Å². The number of rotatable bonds is 3. The van der Waals surface area contributed by atoms with Crippen LogP contribution in [0.25, 0.3) is 0 Å². The van der Waals surface area contributed by atoms with E-state index in [9.17, 15) is 0 Å². The van der Waals surface area contributed by atoms with Crippen molar-refractivity contribution in [3.05, 3.63) is 15.1 Å². The molecule has 2 aliphatic carbocycles. The summed E-state index contributed by atoms with van der Waals surface area (Å²) in [6.07, 6.45) is 3.86. The first-order valence-corrected chi connectivity index (χ1v) is 7.03. The number of nitrogens with one attached hydrogen (secondary N) is 1. The predicted octanol–water partition coefficient (Wildman–Crippen LogP) is 3.12. The van der Waals surface area contributed by atoms with E-state index in [-0.39, 0.29) is 0 Å². The molecule has 2 fully saturated rings. The molecule has 2 unspecified atom stereocenters. The van der Waals surface area contributed by atoms with Crippen LogP contribution in [-0.2, 0) is 0 Å². The summed E-state index contributed by atoms with van der Waals surface area (Å²) in [5.41, 5.74) is 1.29. The summed E-state index contributed by atoms with van der Waals surface area (Å²) in [4.78, 5) is 9.44. The van der Waals surface area contributed by atoms with Crippen LogP contribution in [-0.4, -0.2) is 17.0 Å². The first-order chi connectivity index (χ1) is 7.70. The van der Waals surface area contributed by atoms with E-state index < -0.39 is 0 Å². The molecule has 16 heavy (non-hydrogen) atoms. The van der Waals surface area contributed by atoms with Gasteiger partial charge in [0.1, 0.15) is 11.6 Å². The van der Waals surface area contributed by atoms with Gasteiger partial charge >= 0.3 is 0 Å². The first-order valence-electron chi connectivity index (χ1n) is 5.95. The van der Waals surface area contributed by atoms with E-state index in [2.05, 4.69) is 39.8 Å². The molecule has 0 aliphatic heterocycles. The summed E-state index contributed by atoms with van der Waals surface area (Å²) >= 11 is 2.37. The highest BCUT2D eigenvalue weighted by molar-refractivity contribution is 14.1. The van der Waals surface area contributed by atoms with Crippen LogP contribution in [0.2, 0.25) is 0 Å². The summed E-state index contributed by atoms with van der Waals surface area (Å²) in [7, 11) is 1.95. The normalized spacial score (nSPS) is 27.9. The Bertz CT molecular complexity index is 429. The lowest BCUT2D eigenvalue weighted by Gasteiger charge is -2.10. The molecular formula is C12H16IN3. The number of aromatic nitrogens is 2. The third-order valence-electron chi connectivity index (χ3n) is 3.54. The molecule has 2 aliphatic rings. The molecule has 1 heterocycles. The minimum Gasteiger partial charge on any atom is -0.372 e. The van der Waals surface area contributed by atoms with Gasteiger partial charge in [-0.2, -0.15) is 0 Å². The summed E-state index contributed by atoms with van der Waals surface area (Å²) in [5.74, 6) is 4.18. The van der Waals surface area contributed by atoms with Gasteiger partial charge in [-0.25, -0.2) is 9.97 Å². The van der Waals surface area contributed by atoms with Crippen LogP contribution >= 0.6 is 22.6 Å². The zero-order valence-electron chi connectivity index (χ0n) is 9.63. The Morgan fingerprint density at radius 1 is 1.31 bits per heavy atom. The van der Waals surface area contributed by atoms with Crippen LogP contribution in [0.3, 0.4) is 0 Å². The van der Waals surface area contributed by atoms with E-state index in [0.29, 0.717) is 11.8 Å². The Kier molecular flexibility index (Phi) is 2.57. The molecule has 4 heteroatoms. The maximum atomic E-state index is 4.80. The predicted molar refractivity (Wildman–Crippen MR) is 72.8 cm³/mol. The second-order valence-corrected chi connectivity index (χ2v) is 6.05. The molecule has 0 amide bonds. The van der Waals surface area contributed by atoms with Gasteiger partial charge in [-0.15, -0.1) is 0 Å². The molecule has 0 spiro atoms. The van der Waals surface area contributed by atoms with E-state index >= 15 is 0 Å². The fourth-order valence-electron chi connectivity index (χ4n) is 2.12. The second-order valence-electron chi connectivity index (χ2n) is 4.97. The summed E-state index contributed by atoms with van der Waals surface area (Å²) < 4.78 is 1.22. The zero-order valence-corrected chi connectivity index (χ0v) is 11.8. The molecule has 2 atom stereocenters. The summed E-state index contributed by atoms with van der Waals surface area (Å²) in [5, 5.41) is 3.20. The van der Waals surface area contributed by atoms with Gasteiger partial charge in [0.25, 0.3) is 0 Å². The molecule has 0 radical (unpaired) electrons. The lowest BCUT2D eigenvalue weighted by molar-refractivity contribution is 0.815. The van der Waals surface area contributed by atoms with Gasteiger partial charge in [0.05, 0.1) is 9.26 Å². The zero-order chi connectivity index (χ0) is 11.3. The Morgan fingerprint density at radius 3 is 2.50 bits per heavy atom. The third-order valence-corrected chi connectivity index (χ3v) is 4.60. The van der Waals surface area contributed by atoms with Crippen LogP contribution in [0, 0.1) is 9.49 Å². The average Bonchev–Trinajstić information content (AvgIpc) is 3.14. The van der Waals surface area contributed by atoms with Crippen molar-refractivity contribution in [3.8, 4) is 0 Å². The van der Waals surface area contributed by atoms with Crippen molar-refractivity contribution < 1.29 is 0 Å². The quantitative estimate of drug-likeness (QED) is 0.866. The topological polar surface area (TPSA) is 37.8 Å². The van der Waals surface area contributed by atoms with Gasteiger partial charge in [0.15, 0.2) is 0 Å². The SMILES string of the molecule is CNc1nc(C2CC2C)nc(C2CC2)c1I. The van der Waals surface area contributed by atoms with Crippen LogP contribution in [0.15, 0.2) is 0 Å². The van der Waals surface area contributed by atoms with Crippen molar-refractivity contribution in [2.75, 3.05) is 12.4 Å². The number of nitrogens with zero attached hydrogens (tertiary/aromatic N) is 2. The van der Waals surface area contributed by atoms with Crippen molar-refractivity contribution in [2.24, 2.45) is 5.92 Å². The maximum Gasteiger partial charge on any atom is 0.143 e. The third kappa shape index (κ3) is 1.81. The highest BCUT2D eigenvalue weighted by Crippen LogP contribution is 2.48. The number of hydrogen-bond acceptors (Lipinski definition) is 3. The Hall–Kier alpha value is -0.390. The van der Waals surface area contributed by atoms with Gasteiger partial charge in [-0.05, 0) is 47.8 Å². The first kappa shape index (κ1) is 10.7. The minimum atomic E-state index is 0.613. The van der Waals surface area contributed by atoms with Crippen LogP contribution < -0.4 is 5.32 Å². The Morgan fingerprint density at radius 2 is 2.00 bits per heavy atom. The molecule has 0 saturated heterocycles. The number of hydrogen-bond donors (Lipinski definition) is 1. The fourth-order valence-corrected chi connectivity index (χ4v) is 3.07. The van der Waals surface area contributed by atoms with E-state index in [4.69, 9.17) is 4.98 Å². The maximum absolute atomic E-state index is 4.80. The van der Waals surface area contributed by atoms with Gasteiger partial charge in [-0.3, -0.25) is 0 Å². The average molecular weight is 329 g/mol. The molecule has 0 aromatic carbocycles. The monoisotopic (exact) mass is 329 g/mol. The van der Waals surface area contributed by atoms with E-state index in [1.165, 1.54) is 28.5 Å². The molecule has 1 N–H and O–H groups in total. The standard InChI is InChI=1S/C12H16IN3/c1-6-5-8(6)11-15-10(7-3-4-7)9(13)12(14-2)16-11/h6-8H,3-5H2,1-2H3,(H,14,15,16). The molecule has 2 saturated carbocycles. The van der Waals surface area contributed by atoms with E-state index in [1.807, 2.05) is 7.05 Å². The van der Waals surface area contributed by atoms with Gasteiger partial charge in [-0.1, -0.05) is 6.92 Å². The van der Waals surface area contributed by atoms with Gasteiger partial charge in [0.2, 0.25) is 0 Å². The van der Waals surface area contributed by atoms with Crippen LogP contribution in [0.4, 0.5) is 5.82 Å². The number of anilines is 1. The molecule has 1 aromatic rings. The molecular weight excluding hydrogens is 313 g/mol. The second kappa shape index (κ2) is 3.82. The van der Waals surface area contributed by atoms with Crippen molar-refractivity contribution in [2.45, 2.75) is 38.0 Å².